The molecule has 1 aromatic carbocycles. The number of nitrogens with zero attached hydrogens (tertiary/aromatic N) is 4. The number of ether oxygens (including phenoxy) is 1. The number of carbonyl (C=O) groups is 2. The van der Waals surface area contributed by atoms with Crippen molar-refractivity contribution >= 4 is 17.7 Å². The lowest BCUT2D eigenvalue weighted by molar-refractivity contribution is -0.121. The Morgan fingerprint density at radius 2 is 1.86 bits per heavy atom. The fourth-order valence-electron chi connectivity index (χ4n) is 3.67. The number of nitrogens with one attached hydrogen (secondary N) is 2. The van der Waals surface area contributed by atoms with Gasteiger partial charge in [0.25, 0.3) is 0 Å². The van der Waals surface area contributed by atoms with Crippen LogP contribution in [0.5, 0.6) is 0 Å². The molecule has 0 spiro atoms. The Morgan fingerprint density at radius 1 is 1.17 bits per heavy atom. The van der Waals surface area contributed by atoms with Crippen molar-refractivity contribution < 1.29 is 23.2 Å². The minimum Gasteiger partial charge on any atom is -0.444 e. The fraction of sp³-hybridized carbons (Fsp3) is 0.583. The van der Waals surface area contributed by atoms with Crippen molar-refractivity contribution in [1.29, 1.82) is 0 Å². The summed E-state index contributed by atoms with van der Waals surface area (Å²) >= 11 is 0. The van der Waals surface area contributed by atoms with E-state index in [4.69, 9.17) is 9.26 Å². The summed E-state index contributed by atoms with van der Waals surface area (Å²) in [6, 6.07) is 5.50. The first-order valence-corrected chi connectivity index (χ1v) is 11.7. The third-order valence-corrected chi connectivity index (χ3v) is 5.63. The molecule has 192 valence electrons. The van der Waals surface area contributed by atoms with E-state index in [1.54, 1.807) is 46.8 Å². The van der Waals surface area contributed by atoms with Crippen LogP contribution < -0.4 is 10.6 Å². The van der Waals surface area contributed by atoms with Gasteiger partial charge in [-0.2, -0.15) is 4.98 Å². The number of benzene rings is 1. The molecule has 1 aliphatic rings. The normalized spacial score (nSPS) is 16.5. The van der Waals surface area contributed by atoms with Gasteiger partial charge in [0.05, 0.1) is 12.6 Å². The molecule has 1 atom stereocenters. The second-order valence-corrected chi connectivity index (χ2v) is 10.3. The van der Waals surface area contributed by atoms with Crippen LogP contribution in [0.15, 0.2) is 28.8 Å². The molecule has 2 aromatic rings. The van der Waals surface area contributed by atoms with Gasteiger partial charge in [0.1, 0.15) is 17.0 Å². The van der Waals surface area contributed by atoms with Gasteiger partial charge in [-0.3, -0.25) is 14.6 Å². The van der Waals surface area contributed by atoms with Crippen LogP contribution in [-0.4, -0.2) is 69.8 Å². The van der Waals surface area contributed by atoms with Crippen molar-refractivity contribution in [3.8, 4) is 0 Å². The number of hydrogen-bond donors (Lipinski definition) is 2. The summed E-state index contributed by atoms with van der Waals surface area (Å²) in [7, 11) is 0. The molecular weight excluding hydrogens is 455 g/mol. The van der Waals surface area contributed by atoms with Gasteiger partial charge in [0, 0.05) is 31.9 Å². The first-order valence-electron chi connectivity index (χ1n) is 11.7. The van der Waals surface area contributed by atoms with E-state index in [1.807, 2.05) is 6.92 Å². The van der Waals surface area contributed by atoms with E-state index in [0.717, 1.165) is 13.1 Å². The number of aromatic nitrogens is 2. The number of hydrogen-bond acceptors (Lipinski definition) is 8. The molecule has 3 rings (SSSR count). The van der Waals surface area contributed by atoms with Gasteiger partial charge in [-0.05, 0) is 59.7 Å². The molecule has 35 heavy (non-hydrogen) atoms. The Hall–Kier alpha value is -3.05. The zero-order valence-corrected chi connectivity index (χ0v) is 21.2. The first-order chi connectivity index (χ1) is 16.3. The van der Waals surface area contributed by atoms with Crippen molar-refractivity contribution in [1.82, 2.24) is 25.3 Å². The Bertz CT molecular complexity index is 1030. The lowest BCUT2D eigenvalue weighted by Gasteiger charge is -2.36. The van der Waals surface area contributed by atoms with Gasteiger partial charge >= 0.3 is 6.09 Å². The Kier molecular flexibility index (Phi) is 8.11. The molecule has 0 saturated carbocycles. The SMILES string of the molecule is CC(C(=O)Nc1cccc(F)c1)N1CCN(Cc2nc(C(C)(C)NC(=O)OC(C)(C)C)no2)CC1. The highest BCUT2D eigenvalue weighted by Crippen LogP contribution is 2.19. The Balaban J connectivity index is 1.48. The number of anilines is 1. The largest absolute Gasteiger partial charge is 0.444 e. The van der Waals surface area contributed by atoms with E-state index in [1.165, 1.54) is 12.1 Å². The molecule has 2 amide bonds. The maximum Gasteiger partial charge on any atom is 0.408 e. The predicted octanol–water partition coefficient (Wildman–Crippen LogP) is 3.11. The number of amides is 2. The number of alkyl carbamates (subject to hydrolysis) is 1. The van der Waals surface area contributed by atoms with E-state index in [-0.39, 0.29) is 11.9 Å². The number of rotatable bonds is 7. The van der Waals surface area contributed by atoms with Gasteiger partial charge in [-0.1, -0.05) is 11.2 Å². The average Bonchev–Trinajstić information content (AvgIpc) is 3.21. The monoisotopic (exact) mass is 490 g/mol. The summed E-state index contributed by atoms with van der Waals surface area (Å²) in [5, 5.41) is 9.58. The second-order valence-electron chi connectivity index (χ2n) is 10.3. The summed E-state index contributed by atoms with van der Waals surface area (Å²) in [5.41, 5.74) is -1.04. The molecule has 0 aliphatic carbocycles. The van der Waals surface area contributed by atoms with Crippen molar-refractivity contribution in [2.75, 3.05) is 31.5 Å². The van der Waals surface area contributed by atoms with E-state index in [9.17, 15) is 14.0 Å². The summed E-state index contributed by atoms with van der Waals surface area (Å²) in [6.45, 7) is 14.1. The van der Waals surface area contributed by atoms with Crippen LogP contribution in [0.2, 0.25) is 0 Å². The highest BCUT2D eigenvalue weighted by molar-refractivity contribution is 5.94. The smallest absolute Gasteiger partial charge is 0.408 e. The van der Waals surface area contributed by atoms with Crippen molar-refractivity contribution in [3.05, 3.63) is 41.8 Å². The fourth-order valence-corrected chi connectivity index (χ4v) is 3.67. The molecule has 1 saturated heterocycles. The summed E-state index contributed by atoms with van der Waals surface area (Å²) < 4.78 is 24.1. The number of halogens is 1. The van der Waals surface area contributed by atoms with Gasteiger partial charge in [-0.15, -0.1) is 0 Å². The quantitative estimate of drug-likeness (QED) is 0.609. The molecular formula is C24H35FN6O4. The Morgan fingerprint density at radius 3 is 2.49 bits per heavy atom. The predicted molar refractivity (Wildman–Crippen MR) is 128 cm³/mol. The minimum absolute atomic E-state index is 0.176. The van der Waals surface area contributed by atoms with Crippen LogP contribution in [0.1, 0.15) is 53.3 Å². The standard InChI is InChI=1S/C24H35FN6O4/c1-16(20(32)26-18-9-7-8-17(25)14-18)31-12-10-30(11-13-31)15-19-27-21(29-35-19)24(5,6)28-22(33)34-23(2,3)4/h7-9,14,16H,10-13,15H2,1-6H3,(H,26,32)(H,28,33). The second kappa shape index (κ2) is 10.7. The van der Waals surface area contributed by atoms with E-state index in [2.05, 4.69) is 30.6 Å². The first kappa shape index (κ1) is 26.6. The number of piperazine rings is 1. The van der Waals surface area contributed by atoms with Crippen LogP contribution in [0.25, 0.3) is 0 Å². The van der Waals surface area contributed by atoms with Gasteiger partial charge < -0.3 is 19.9 Å². The molecule has 10 nitrogen and oxygen atoms in total. The zero-order chi connectivity index (χ0) is 25.8. The molecule has 0 radical (unpaired) electrons. The van der Waals surface area contributed by atoms with Crippen molar-refractivity contribution in [2.45, 2.75) is 65.3 Å². The third-order valence-electron chi connectivity index (χ3n) is 5.63. The van der Waals surface area contributed by atoms with E-state index in [0.29, 0.717) is 37.0 Å². The minimum atomic E-state index is -0.868. The highest BCUT2D eigenvalue weighted by Gasteiger charge is 2.32. The zero-order valence-electron chi connectivity index (χ0n) is 21.2. The topological polar surface area (TPSA) is 113 Å². The van der Waals surface area contributed by atoms with Crippen LogP contribution in [0.3, 0.4) is 0 Å². The lowest BCUT2D eigenvalue weighted by Crippen LogP contribution is -2.52. The maximum atomic E-state index is 13.4. The molecule has 0 bridgehead atoms. The molecule has 11 heteroatoms. The molecule has 1 aromatic heterocycles. The van der Waals surface area contributed by atoms with Crippen molar-refractivity contribution in [2.24, 2.45) is 0 Å². The Labute approximate surface area is 205 Å². The molecule has 1 aliphatic heterocycles. The van der Waals surface area contributed by atoms with Gasteiger partial charge in [0.15, 0.2) is 5.82 Å². The van der Waals surface area contributed by atoms with Crippen LogP contribution in [-0.2, 0) is 21.6 Å². The number of carbonyl (C=O) groups excluding carboxylic acids is 2. The van der Waals surface area contributed by atoms with E-state index >= 15 is 0 Å². The molecule has 2 N–H and O–H groups in total. The molecule has 2 heterocycles. The van der Waals surface area contributed by atoms with Crippen molar-refractivity contribution in [3.63, 3.8) is 0 Å². The van der Waals surface area contributed by atoms with E-state index < -0.39 is 23.1 Å². The van der Waals surface area contributed by atoms with Crippen LogP contribution >= 0.6 is 0 Å². The van der Waals surface area contributed by atoms with Gasteiger partial charge in [0.2, 0.25) is 11.8 Å². The van der Waals surface area contributed by atoms with Crippen LogP contribution in [0.4, 0.5) is 14.9 Å². The summed E-state index contributed by atoms with van der Waals surface area (Å²) in [6.07, 6.45) is -0.555. The summed E-state index contributed by atoms with van der Waals surface area (Å²) in [5.74, 6) is 0.242. The molecule has 1 unspecified atom stereocenters. The molecule has 1 fully saturated rings. The summed E-state index contributed by atoms with van der Waals surface area (Å²) in [4.78, 5) is 33.4. The average molecular weight is 491 g/mol. The maximum absolute atomic E-state index is 13.4. The third kappa shape index (κ3) is 7.72. The highest BCUT2D eigenvalue weighted by atomic mass is 19.1. The lowest BCUT2D eigenvalue weighted by atomic mass is 10.1. The van der Waals surface area contributed by atoms with Gasteiger partial charge in [-0.25, -0.2) is 9.18 Å². The van der Waals surface area contributed by atoms with Crippen LogP contribution in [0, 0.1) is 5.82 Å².